The molecule has 1 aromatic heterocycles. The number of aryl methyl sites for hydroxylation is 2. The minimum atomic E-state index is 0.742. The zero-order valence-electron chi connectivity index (χ0n) is 11.7. The zero-order valence-corrected chi connectivity index (χ0v) is 11.7. The number of rotatable bonds is 5. The highest BCUT2D eigenvalue weighted by Gasteiger charge is 2.00. The van der Waals surface area contributed by atoms with Crippen LogP contribution in [0.1, 0.15) is 22.5 Å². The minimum absolute atomic E-state index is 0.742. The molecule has 0 unspecified atom stereocenters. The van der Waals surface area contributed by atoms with Gasteiger partial charge >= 0.3 is 0 Å². The average Bonchev–Trinajstić information content (AvgIpc) is 2.40. The summed E-state index contributed by atoms with van der Waals surface area (Å²) < 4.78 is 5.25. The number of ether oxygens (including phenoxy) is 1. The van der Waals surface area contributed by atoms with Gasteiger partial charge in [0.15, 0.2) is 0 Å². The van der Waals surface area contributed by atoms with Gasteiger partial charge in [-0.2, -0.15) is 0 Å². The van der Waals surface area contributed by atoms with Crippen molar-refractivity contribution in [2.24, 2.45) is 0 Å². The fourth-order valence-corrected chi connectivity index (χ4v) is 1.95. The van der Waals surface area contributed by atoms with Gasteiger partial charge < -0.3 is 10.1 Å². The summed E-state index contributed by atoms with van der Waals surface area (Å²) in [4.78, 5) is 4.48. The maximum atomic E-state index is 5.25. The lowest BCUT2D eigenvalue weighted by Crippen LogP contribution is -2.14. The summed E-state index contributed by atoms with van der Waals surface area (Å²) in [5, 5.41) is 3.40. The third-order valence-electron chi connectivity index (χ3n) is 2.97. The second kappa shape index (κ2) is 6.34. The van der Waals surface area contributed by atoms with Crippen molar-refractivity contribution in [2.75, 3.05) is 7.11 Å². The van der Waals surface area contributed by atoms with Gasteiger partial charge in [0.1, 0.15) is 5.75 Å². The van der Waals surface area contributed by atoms with Gasteiger partial charge in [-0.3, -0.25) is 4.98 Å². The highest BCUT2D eigenvalue weighted by molar-refractivity contribution is 5.26. The van der Waals surface area contributed by atoms with E-state index in [1.165, 1.54) is 11.1 Å². The van der Waals surface area contributed by atoms with Crippen molar-refractivity contribution in [2.45, 2.75) is 26.9 Å². The van der Waals surface area contributed by atoms with Crippen molar-refractivity contribution in [1.29, 1.82) is 0 Å². The van der Waals surface area contributed by atoms with E-state index in [0.29, 0.717) is 0 Å². The van der Waals surface area contributed by atoms with Crippen LogP contribution in [-0.4, -0.2) is 12.1 Å². The number of nitrogens with zero attached hydrogens (tertiary/aromatic N) is 1. The molecule has 2 aromatic rings. The van der Waals surface area contributed by atoms with Crippen LogP contribution in [0.25, 0.3) is 0 Å². The molecule has 1 N–H and O–H groups in total. The van der Waals surface area contributed by atoms with Gasteiger partial charge in [-0.15, -0.1) is 0 Å². The molecule has 0 saturated carbocycles. The topological polar surface area (TPSA) is 34.1 Å². The highest BCUT2D eigenvalue weighted by atomic mass is 16.5. The van der Waals surface area contributed by atoms with E-state index in [4.69, 9.17) is 4.74 Å². The third kappa shape index (κ3) is 4.07. The number of pyridine rings is 1. The lowest BCUT2D eigenvalue weighted by atomic mass is 10.1. The predicted octanol–water partition coefficient (Wildman–Crippen LogP) is 3.00. The number of aromatic nitrogens is 1. The molecule has 0 aliphatic carbocycles. The summed E-state index contributed by atoms with van der Waals surface area (Å²) in [6.45, 7) is 5.66. The largest absolute Gasteiger partial charge is 0.497 e. The summed E-state index contributed by atoms with van der Waals surface area (Å²) in [7, 11) is 1.68. The van der Waals surface area contributed by atoms with E-state index in [1.54, 1.807) is 7.11 Å². The Kier molecular flexibility index (Phi) is 4.53. The Morgan fingerprint density at radius 2 is 1.79 bits per heavy atom. The van der Waals surface area contributed by atoms with Gasteiger partial charge in [0, 0.05) is 30.9 Å². The fraction of sp³-hybridized carbons (Fsp3) is 0.312. The molecule has 1 heterocycles. The SMILES string of the molecule is COc1cc(C)nc(CNCc2ccc(C)cc2)c1. The van der Waals surface area contributed by atoms with Crippen LogP contribution >= 0.6 is 0 Å². The van der Waals surface area contributed by atoms with Crippen molar-refractivity contribution in [3.63, 3.8) is 0 Å². The number of nitrogens with one attached hydrogen (secondary N) is 1. The summed E-state index contributed by atoms with van der Waals surface area (Å²) in [5.41, 5.74) is 4.55. The van der Waals surface area contributed by atoms with E-state index >= 15 is 0 Å². The third-order valence-corrected chi connectivity index (χ3v) is 2.97. The maximum absolute atomic E-state index is 5.25. The van der Waals surface area contributed by atoms with Gasteiger partial charge in [-0.05, 0) is 19.4 Å². The Hall–Kier alpha value is -1.87. The Bertz CT molecular complexity index is 535. The highest BCUT2D eigenvalue weighted by Crippen LogP contribution is 2.13. The van der Waals surface area contributed by atoms with Crippen LogP contribution in [0.5, 0.6) is 5.75 Å². The predicted molar refractivity (Wildman–Crippen MR) is 77.2 cm³/mol. The molecule has 0 aliphatic heterocycles. The molecule has 0 radical (unpaired) electrons. The zero-order chi connectivity index (χ0) is 13.7. The van der Waals surface area contributed by atoms with Crippen molar-refractivity contribution in [3.05, 3.63) is 58.9 Å². The first-order valence-corrected chi connectivity index (χ1v) is 6.45. The van der Waals surface area contributed by atoms with Gasteiger partial charge in [0.25, 0.3) is 0 Å². The molecule has 3 nitrogen and oxygen atoms in total. The van der Waals surface area contributed by atoms with E-state index in [0.717, 1.165) is 30.2 Å². The second-order valence-corrected chi connectivity index (χ2v) is 4.73. The molecule has 0 fully saturated rings. The van der Waals surface area contributed by atoms with Gasteiger partial charge in [-0.1, -0.05) is 29.8 Å². The number of hydrogen-bond donors (Lipinski definition) is 1. The molecule has 0 amide bonds. The van der Waals surface area contributed by atoms with Crippen molar-refractivity contribution in [3.8, 4) is 5.75 Å². The molecule has 3 heteroatoms. The van der Waals surface area contributed by atoms with Crippen molar-refractivity contribution in [1.82, 2.24) is 10.3 Å². The molecule has 0 atom stereocenters. The van der Waals surface area contributed by atoms with Crippen LogP contribution in [0, 0.1) is 13.8 Å². The molecule has 0 spiro atoms. The molecule has 0 aliphatic rings. The van der Waals surface area contributed by atoms with Crippen LogP contribution in [0.3, 0.4) is 0 Å². The summed E-state index contributed by atoms with van der Waals surface area (Å²) >= 11 is 0. The summed E-state index contributed by atoms with van der Waals surface area (Å²) in [5.74, 6) is 0.861. The van der Waals surface area contributed by atoms with E-state index in [9.17, 15) is 0 Å². The van der Waals surface area contributed by atoms with E-state index in [-0.39, 0.29) is 0 Å². The molecular weight excluding hydrogens is 236 g/mol. The van der Waals surface area contributed by atoms with Crippen LogP contribution < -0.4 is 10.1 Å². The average molecular weight is 256 g/mol. The molecule has 1 aromatic carbocycles. The van der Waals surface area contributed by atoms with Gasteiger partial charge in [-0.25, -0.2) is 0 Å². The van der Waals surface area contributed by atoms with Crippen LogP contribution in [0.4, 0.5) is 0 Å². The quantitative estimate of drug-likeness (QED) is 0.893. The molecule has 100 valence electrons. The summed E-state index contributed by atoms with van der Waals surface area (Å²) in [6, 6.07) is 12.5. The first kappa shape index (κ1) is 13.6. The smallest absolute Gasteiger partial charge is 0.122 e. The molecular formula is C16H20N2O. The first-order chi connectivity index (χ1) is 9.17. The molecule has 0 saturated heterocycles. The number of benzene rings is 1. The van der Waals surface area contributed by atoms with E-state index < -0.39 is 0 Å². The lowest BCUT2D eigenvalue weighted by molar-refractivity contribution is 0.412. The molecule has 2 rings (SSSR count). The van der Waals surface area contributed by atoms with Gasteiger partial charge in [0.2, 0.25) is 0 Å². The normalized spacial score (nSPS) is 10.5. The Balaban J connectivity index is 1.92. The lowest BCUT2D eigenvalue weighted by Gasteiger charge is -2.08. The van der Waals surface area contributed by atoms with Crippen molar-refractivity contribution >= 4 is 0 Å². The molecule has 19 heavy (non-hydrogen) atoms. The number of methoxy groups -OCH3 is 1. The van der Waals surface area contributed by atoms with Crippen LogP contribution in [-0.2, 0) is 13.1 Å². The molecule has 0 bridgehead atoms. The standard InChI is InChI=1S/C16H20N2O/c1-12-4-6-14(7-5-12)10-17-11-15-9-16(19-3)8-13(2)18-15/h4-9,17H,10-11H2,1-3H3. The summed E-state index contributed by atoms with van der Waals surface area (Å²) in [6.07, 6.45) is 0. The Morgan fingerprint density at radius 1 is 1.05 bits per heavy atom. The maximum Gasteiger partial charge on any atom is 0.122 e. The Morgan fingerprint density at radius 3 is 2.47 bits per heavy atom. The first-order valence-electron chi connectivity index (χ1n) is 6.45. The monoisotopic (exact) mass is 256 g/mol. The van der Waals surface area contributed by atoms with Crippen LogP contribution in [0.2, 0.25) is 0 Å². The van der Waals surface area contributed by atoms with Crippen LogP contribution in [0.15, 0.2) is 36.4 Å². The Labute approximate surface area is 114 Å². The van der Waals surface area contributed by atoms with E-state index in [1.807, 2.05) is 19.1 Å². The number of hydrogen-bond acceptors (Lipinski definition) is 3. The second-order valence-electron chi connectivity index (χ2n) is 4.73. The van der Waals surface area contributed by atoms with Crippen molar-refractivity contribution < 1.29 is 4.74 Å². The van der Waals surface area contributed by atoms with E-state index in [2.05, 4.69) is 41.5 Å². The minimum Gasteiger partial charge on any atom is -0.497 e. The van der Waals surface area contributed by atoms with Gasteiger partial charge in [0.05, 0.1) is 12.8 Å². The fourth-order valence-electron chi connectivity index (χ4n) is 1.95.